The Kier molecular flexibility index (Phi) is 7.55. The number of imide groups is 1. The highest BCUT2D eigenvalue weighted by atomic mass is 16.3. The average Bonchev–Trinajstić information content (AvgIpc) is 2.87. The fourth-order valence-electron chi connectivity index (χ4n) is 3.02. The van der Waals surface area contributed by atoms with E-state index in [0.717, 1.165) is 38.8 Å². The van der Waals surface area contributed by atoms with E-state index < -0.39 is 6.10 Å². The zero-order valence-electron chi connectivity index (χ0n) is 14.9. The first-order valence-corrected chi connectivity index (χ1v) is 8.97. The molecular weight excluding hydrogens is 320 g/mol. The highest BCUT2D eigenvalue weighted by Gasteiger charge is 2.34. The maximum Gasteiger partial charge on any atom is 0.261 e. The summed E-state index contributed by atoms with van der Waals surface area (Å²) in [5.74, 6) is -0.356. The normalized spacial score (nSPS) is 15.1. The van der Waals surface area contributed by atoms with Gasteiger partial charge in [-0.3, -0.25) is 14.5 Å². The minimum Gasteiger partial charge on any atom is -0.394 e. The smallest absolute Gasteiger partial charge is 0.261 e. The molecular formula is C19H28N2O4. The van der Waals surface area contributed by atoms with Crippen LogP contribution in [0.2, 0.25) is 0 Å². The van der Waals surface area contributed by atoms with Crippen molar-refractivity contribution < 1.29 is 19.8 Å². The number of aliphatic hydroxyl groups excluding tert-OH is 2. The molecule has 138 valence electrons. The van der Waals surface area contributed by atoms with Crippen molar-refractivity contribution in [3.8, 4) is 0 Å². The van der Waals surface area contributed by atoms with Crippen LogP contribution in [0.15, 0.2) is 24.3 Å². The summed E-state index contributed by atoms with van der Waals surface area (Å²) in [6.45, 7) is 1.98. The molecule has 0 unspecified atom stereocenters. The van der Waals surface area contributed by atoms with Gasteiger partial charge in [0, 0.05) is 13.1 Å². The van der Waals surface area contributed by atoms with E-state index in [4.69, 9.17) is 5.11 Å². The molecule has 1 aliphatic rings. The summed E-state index contributed by atoms with van der Waals surface area (Å²) >= 11 is 0. The molecule has 2 rings (SSSR count). The lowest BCUT2D eigenvalue weighted by Crippen LogP contribution is -2.30. The lowest BCUT2D eigenvalue weighted by Gasteiger charge is -2.18. The zero-order chi connectivity index (χ0) is 18.2. The Bertz CT molecular complexity index is 556. The van der Waals surface area contributed by atoms with Gasteiger partial charge in [-0.1, -0.05) is 25.0 Å². The SMILES string of the molecule is CN(CCCCCCN1C(=O)c2ccccc2C1=O)CC[C@H](O)CO. The molecule has 6 nitrogen and oxygen atoms in total. The van der Waals surface area contributed by atoms with Crippen LogP contribution in [0.25, 0.3) is 0 Å². The minimum absolute atomic E-state index is 0.178. The lowest BCUT2D eigenvalue weighted by molar-refractivity contribution is 0.0651. The standard InChI is InChI=1S/C19H28N2O4/c1-20(13-10-15(23)14-22)11-6-2-3-7-12-21-18(24)16-8-4-5-9-17(16)19(21)25/h4-5,8-9,15,22-23H,2-3,6-7,10-14H2,1H3/t15-/m0/s1. The van der Waals surface area contributed by atoms with Crippen LogP contribution in [0.5, 0.6) is 0 Å². The first kappa shape index (κ1) is 19.6. The molecule has 2 amide bonds. The van der Waals surface area contributed by atoms with Crippen LogP contribution in [0.4, 0.5) is 0 Å². The van der Waals surface area contributed by atoms with E-state index in [1.54, 1.807) is 24.3 Å². The van der Waals surface area contributed by atoms with Crippen LogP contribution in [0.3, 0.4) is 0 Å². The predicted octanol–water partition coefficient (Wildman–Crippen LogP) is 1.52. The summed E-state index contributed by atoms with van der Waals surface area (Å²) in [7, 11) is 2.00. The molecule has 1 aliphatic heterocycles. The molecule has 0 saturated heterocycles. The molecule has 0 bridgehead atoms. The Morgan fingerprint density at radius 2 is 1.60 bits per heavy atom. The third-order valence-corrected chi connectivity index (χ3v) is 4.60. The second kappa shape index (κ2) is 9.65. The number of benzene rings is 1. The van der Waals surface area contributed by atoms with Crippen LogP contribution in [-0.2, 0) is 0 Å². The number of rotatable bonds is 11. The lowest BCUT2D eigenvalue weighted by atomic mass is 10.1. The van der Waals surface area contributed by atoms with Crippen molar-refractivity contribution in [2.45, 2.75) is 38.2 Å². The summed E-state index contributed by atoms with van der Waals surface area (Å²) in [5, 5.41) is 18.1. The van der Waals surface area contributed by atoms with E-state index in [9.17, 15) is 14.7 Å². The largest absolute Gasteiger partial charge is 0.394 e. The highest BCUT2D eigenvalue weighted by molar-refractivity contribution is 6.21. The van der Waals surface area contributed by atoms with E-state index in [-0.39, 0.29) is 18.4 Å². The van der Waals surface area contributed by atoms with Gasteiger partial charge in [0.1, 0.15) is 0 Å². The van der Waals surface area contributed by atoms with Gasteiger partial charge in [0.25, 0.3) is 11.8 Å². The molecule has 25 heavy (non-hydrogen) atoms. The maximum absolute atomic E-state index is 12.2. The third kappa shape index (κ3) is 5.36. The molecule has 0 aromatic heterocycles. The minimum atomic E-state index is -0.637. The Labute approximate surface area is 149 Å². The summed E-state index contributed by atoms with van der Waals surface area (Å²) in [6.07, 6.45) is 3.80. The van der Waals surface area contributed by atoms with Crippen LogP contribution >= 0.6 is 0 Å². The topological polar surface area (TPSA) is 81.1 Å². The summed E-state index contributed by atoms with van der Waals surface area (Å²) in [4.78, 5) is 28.0. The van der Waals surface area contributed by atoms with Gasteiger partial charge in [-0.05, 0) is 45.0 Å². The molecule has 0 saturated carbocycles. The zero-order valence-corrected chi connectivity index (χ0v) is 14.9. The summed E-state index contributed by atoms with van der Waals surface area (Å²) in [5.41, 5.74) is 1.03. The molecule has 0 spiro atoms. The Hall–Kier alpha value is -1.76. The van der Waals surface area contributed by atoms with E-state index in [1.165, 1.54) is 4.90 Å². The third-order valence-electron chi connectivity index (χ3n) is 4.60. The highest BCUT2D eigenvalue weighted by Crippen LogP contribution is 2.22. The van der Waals surface area contributed by atoms with Crippen molar-refractivity contribution in [1.82, 2.24) is 9.80 Å². The predicted molar refractivity (Wildman–Crippen MR) is 95.5 cm³/mol. The summed E-state index contributed by atoms with van der Waals surface area (Å²) in [6, 6.07) is 6.98. The number of aliphatic hydroxyl groups is 2. The number of amides is 2. The number of fused-ring (bicyclic) bond motifs is 1. The molecule has 1 heterocycles. The van der Waals surface area contributed by atoms with Crippen molar-refractivity contribution in [1.29, 1.82) is 0 Å². The summed E-state index contributed by atoms with van der Waals surface area (Å²) < 4.78 is 0. The Morgan fingerprint density at radius 3 is 2.20 bits per heavy atom. The molecule has 6 heteroatoms. The molecule has 1 atom stereocenters. The monoisotopic (exact) mass is 348 g/mol. The van der Waals surface area contributed by atoms with Gasteiger partial charge < -0.3 is 15.1 Å². The van der Waals surface area contributed by atoms with Gasteiger partial charge in [0.15, 0.2) is 0 Å². The van der Waals surface area contributed by atoms with Gasteiger partial charge >= 0.3 is 0 Å². The first-order valence-electron chi connectivity index (χ1n) is 8.97. The molecule has 0 radical (unpaired) electrons. The Morgan fingerprint density at radius 1 is 1.00 bits per heavy atom. The van der Waals surface area contributed by atoms with Gasteiger partial charge in [-0.15, -0.1) is 0 Å². The molecule has 0 fully saturated rings. The fraction of sp³-hybridized carbons (Fsp3) is 0.579. The number of nitrogens with zero attached hydrogens (tertiary/aromatic N) is 2. The van der Waals surface area contributed by atoms with Crippen molar-refractivity contribution in [3.63, 3.8) is 0 Å². The van der Waals surface area contributed by atoms with Gasteiger partial charge in [0.05, 0.1) is 23.8 Å². The van der Waals surface area contributed by atoms with Crippen LogP contribution in [-0.4, -0.2) is 71.2 Å². The van der Waals surface area contributed by atoms with Crippen molar-refractivity contribution >= 4 is 11.8 Å². The molecule has 1 aromatic carbocycles. The van der Waals surface area contributed by atoms with Gasteiger partial charge in [-0.2, -0.15) is 0 Å². The number of carbonyl (C=O) groups excluding carboxylic acids is 2. The van der Waals surface area contributed by atoms with Crippen molar-refractivity contribution in [2.24, 2.45) is 0 Å². The van der Waals surface area contributed by atoms with Crippen molar-refractivity contribution in [3.05, 3.63) is 35.4 Å². The van der Waals surface area contributed by atoms with Crippen LogP contribution in [0.1, 0.15) is 52.8 Å². The van der Waals surface area contributed by atoms with Gasteiger partial charge in [-0.25, -0.2) is 0 Å². The van der Waals surface area contributed by atoms with Crippen LogP contribution in [0, 0.1) is 0 Å². The second-order valence-electron chi connectivity index (χ2n) is 6.65. The molecule has 0 aliphatic carbocycles. The number of carbonyl (C=O) groups is 2. The Balaban J connectivity index is 1.60. The first-order chi connectivity index (χ1) is 12.0. The average molecular weight is 348 g/mol. The quantitative estimate of drug-likeness (QED) is 0.468. The second-order valence-corrected chi connectivity index (χ2v) is 6.65. The number of unbranched alkanes of at least 4 members (excludes halogenated alkanes) is 3. The van der Waals surface area contributed by atoms with E-state index >= 15 is 0 Å². The van der Waals surface area contributed by atoms with E-state index in [1.807, 2.05) is 7.05 Å². The maximum atomic E-state index is 12.2. The van der Waals surface area contributed by atoms with Crippen LogP contribution < -0.4 is 0 Å². The number of hydrogen-bond acceptors (Lipinski definition) is 5. The molecule has 2 N–H and O–H groups in total. The fourth-order valence-corrected chi connectivity index (χ4v) is 3.02. The van der Waals surface area contributed by atoms with Crippen molar-refractivity contribution in [2.75, 3.05) is 33.3 Å². The van der Waals surface area contributed by atoms with Gasteiger partial charge in [0.2, 0.25) is 0 Å². The van der Waals surface area contributed by atoms with E-state index in [0.29, 0.717) is 24.1 Å². The molecule has 1 aromatic rings. The number of hydrogen-bond donors (Lipinski definition) is 2. The van der Waals surface area contributed by atoms with E-state index in [2.05, 4.69) is 4.90 Å².